The maximum atomic E-state index is 11.6. The van der Waals surface area contributed by atoms with E-state index in [1.165, 1.54) is 6.07 Å². The van der Waals surface area contributed by atoms with E-state index in [0.29, 0.717) is 21.4 Å². The Kier molecular flexibility index (Phi) is 3.13. The van der Waals surface area contributed by atoms with Gasteiger partial charge in [-0.2, -0.15) is 0 Å². The summed E-state index contributed by atoms with van der Waals surface area (Å²) in [5.41, 5.74) is 0.941. The number of halogens is 2. The fraction of sp³-hybridized carbons (Fsp3) is 0.200. The maximum absolute atomic E-state index is 11.6. The number of carboxylic acid groups (broad SMARTS) is 1. The summed E-state index contributed by atoms with van der Waals surface area (Å²) in [6, 6.07) is 2.26. The van der Waals surface area contributed by atoms with Crippen LogP contribution in [0.1, 0.15) is 6.42 Å². The lowest BCUT2D eigenvalue weighted by Crippen LogP contribution is -2.40. The minimum Gasteiger partial charge on any atom is -0.481 e. The highest BCUT2D eigenvalue weighted by Gasteiger charge is 2.28. The van der Waals surface area contributed by atoms with E-state index in [4.69, 9.17) is 28.3 Å². The Labute approximate surface area is 107 Å². The molecule has 1 aliphatic heterocycles. The molecule has 0 spiro atoms. The minimum atomic E-state index is -1.06. The van der Waals surface area contributed by atoms with Gasteiger partial charge in [0.1, 0.15) is 6.04 Å². The second-order valence-electron chi connectivity index (χ2n) is 3.59. The van der Waals surface area contributed by atoms with Crippen LogP contribution in [0.2, 0.25) is 10.0 Å². The van der Waals surface area contributed by atoms with Gasteiger partial charge in [-0.3, -0.25) is 9.59 Å². The molecule has 1 aliphatic rings. The van der Waals surface area contributed by atoms with Crippen molar-refractivity contribution in [2.24, 2.45) is 0 Å². The number of nitrogens with one attached hydrogen (secondary N) is 2. The Balaban J connectivity index is 2.34. The summed E-state index contributed by atoms with van der Waals surface area (Å²) in [6.07, 6.45) is -0.310. The summed E-state index contributed by atoms with van der Waals surface area (Å²) in [4.78, 5) is 22.2. The molecule has 0 saturated carbocycles. The van der Waals surface area contributed by atoms with Gasteiger partial charge >= 0.3 is 5.97 Å². The molecule has 1 aromatic carbocycles. The number of carboxylic acids is 1. The van der Waals surface area contributed by atoms with Gasteiger partial charge in [-0.15, -0.1) is 0 Å². The zero-order valence-electron chi connectivity index (χ0n) is 8.46. The van der Waals surface area contributed by atoms with Crippen molar-refractivity contribution in [1.82, 2.24) is 0 Å². The first kappa shape index (κ1) is 12.0. The van der Waals surface area contributed by atoms with Crippen LogP contribution in [0.5, 0.6) is 0 Å². The monoisotopic (exact) mass is 274 g/mol. The molecule has 0 aliphatic carbocycles. The molecule has 1 heterocycles. The van der Waals surface area contributed by atoms with Gasteiger partial charge in [0.15, 0.2) is 0 Å². The van der Waals surface area contributed by atoms with E-state index in [9.17, 15) is 9.59 Å². The van der Waals surface area contributed by atoms with E-state index in [1.807, 2.05) is 0 Å². The van der Waals surface area contributed by atoms with Gasteiger partial charge in [0.05, 0.1) is 22.8 Å². The Morgan fingerprint density at radius 1 is 1.41 bits per heavy atom. The van der Waals surface area contributed by atoms with Gasteiger partial charge in [-0.05, 0) is 12.1 Å². The molecule has 7 heteroatoms. The largest absolute Gasteiger partial charge is 0.481 e. The quantitative estimate of drug-likeness (QED) is 0.773. The second-order valence-corrected chi connectivity index (χ2v) is 4.44. The average molecular weight is 275 g/mol. The Morgan fingerprint density at radius 3 is 2.76 bits per heavy atom. The smallest absolute Gasteiger partial charge is 0.305 e. The summed E-state index contributed by atoms with van der Waals surface area (Å²) < 4.78 is 0. The zero-order valence-corrected chi connectivity index (χ0v) is 9.97. The normalized spacial score (nSPS) is 18.0. The molecule has 1 amide bonds. The first-order valence-corrected chi connectivity index (χ1v) is 5.51. The molecule has 0 saturated heterocycles. The number of hydrogen-bond acceptors (Lipinski definition) is 3. The lowest BCUT2D eigenvalue weighted by atomic mass is 10.1. The van der Waals surface area contributed by atoms with Gasteiger partial charge in [0, 0.05) is 5.02 Å². The fourth-order valence-corrected chi connectivity index (χ4v) is 2.14. The molecule has 1 unspecified atom stereocenters. The molecule has 1 aromatic rings. The molecule has 5 nitrogen and oxygen atoms in total. The van der Waals surface area contributed by atoms with Crippen LogP contribution in [0.4, 0.5) is 11.4 Å². The molecule has 0 bridgehead atoms. The number of hydrogen-bond donors (Lipinski definition) is 3. The third kappa shape index (κ3) is 2.45. The van der Waals surface area contributed by atoms with E-state index in [-0.39, 0.29) is 6.42 Å². The van der Waals surface area contributed by atoms with Gasteiger partial charge < -0.3 is 15.7 Å². The van der Waals surface area contributed by atoms with Crippen LogP contribution in [0, 0.1) is 0 Å². The minimum absolute atomic E-state index is 0.308. The molecule has 1 atom stereocenters. The van der Waals surface area contributed by atoms with Gasteiger partial charge in [0.2, 0.25) is 5.91 Å². The predicted molar refractivity (Wildman–Crippen MR) is 64.8 cm³/mol. The van der Waals surface area contributed by atoms with Crippen molar-refractivity contribution in [1.29, 1.82) is 0 Å². The van der Waals surface area contributed by atoms with Crippen LogP contribution in [0.3, 0.4) is 0 Å². The third-order valence-electron chi connectivity index (χ3n) is 2.33. The standard InChI is InChI=1S/C10H8Cl2N2O3/c11-4-1-5(12)9-6(2-4)13-7(3-8(15)16)10(17)14-9/h1-2,7,13H,3H2,(H,14,17)(H,15,16). The number of rotatable bonds is 2. The Bertz CT molecular complexity index is 505. The molecule has 0 radical (unpaired) electrons. The van der Waals surface area contributed by atoms with Crippen LogP contribution < -0.4 is 10.6 Å². The van der Waals surface area contributed by atoms with Crippen molar-refractivity contribution in [3.63, 3.8) is 0 Å². The van der Waals surface area contributed by atoms with E-state index in [2.05, 4.69) is 10.6 Å². The van der Waals surface area contributed by atoms with E-state index < -0.39 is 17.9 Å². The van der Waals surface area contributed by atoms with Crippen molar-refractivity contribution in [3.8, 4) is 0 Å². The molecule has 0 aromatic heterocycles. The molecule has 3 N–H and O–H groups in total. The summed E-state index contributed by atoms with van der Waals surface area (Å²) in [7, 11) is 0. The lowest BCUT2D eigenvalue weighted by molar-refractivity contribution is -0.138. The van der Waals surface area contributed by atoms with Crippen molar-refractivity contribution in [2.45, 2.75) is 12.5 Å². The molecule has 0 fully saturated rings. The summed E-state index contributed by atoms with van der Waals surface area (Å²) >= 11 is 11.7. The topological polar surface area (TPSA) is 78.4 Å². The molecular formula is C10H8Cl2N2O3. The number of amides is 1. The highest BCUT2D eigenvalue weighted by atomic mass is 35.5. The van der Waals surface area contributed by atoms with Crippen LogP contribution in [0.25, 0.3) is 0 Å². The van der Waals surface area contributed by atoms with E-state index >= 15 is 0 Å². The maximum Gasteiger partial charge on any atom is 0.305 e. The van der Waals surface area contributed by atoms with Gasteiger partial charge in [0.25, 0.3) is 0 Å². The number of carbonyl (C=O) groups excluding carboxylic acids is 1. The molecule has 17 heavy (non-hydrogen) atoms. The Morgan fingerprint density at radius 2 is 2.12 bits per heavy atom. The number of benzene rings is 1. The summed E-state index contributed by atoms with van der Waals surface area (Å²) in [6.45, 7) is 0. The number of carbonyl (C=O) groups is 2. The van der Waals surface area contributed by atoms with Crippen molar-refractivity contribution in [3.05, 3.63) is 22.2 Å². The summed E-state index contributed by atoms with van der Waals surface area (Å²) in [5.74, 6) is -1.49. The average Bonchev–Trinajstić information content (AvgIpc) is 2.20. The number of anilines is 2. The lowest BCUT2D eigenvalue weighted by Gasteiger charge is -2.26. The first-order valence-electron chi connectivity index (χ1n) is 4.75. The van der Waals surface area contributed by atoms with E-state index in [0.717, 1.165) is 0 Å². The van der Waals surface area contributed by atoms with Crippen LogP contribution >= 0.6 is 23.2 Å². The zero-order chi connectivity index (χ0) is 12.6. The number of fused-ring (bicyclic) bond motifs is 1. The molecular weight excluding hydrogens is 267 g/mol. The van der Waals surface area contributed by atoms with E-state index in [1.54, 1.807) is 6.07 Å². The predicted octanol–water partition coefficient (Wildman–Crippen LogP) is 2.20. The van der Waals surface area contributed by atoms with Crippen LogP contribution in [0.15, 0.2) is 12.1 Å². The van der Waals surface area contributed by atoms with Crippen molar-refractivity contribution >= 4 is 46.5 Å². The summed E-state index contributed by atoms with van der Waals surface area (Å²) in [5, 5.41) is 14.7. The van der Waals surface area contributed by atoms with Crippen LogP contribution in [-0.2, 0) is 9.59 Å². The van der Waals surface area contributed by atoms with Crippen molar-refractivity contribution < 1.29 is 14.7 Å². The van der Waals surface area contributed by atoms with Gasteiger partial charge in [-0.1, -0.05) is 23.2 Å². The third-order valence-corrected chi connectivity index (χ3v) is 2.84. The van der Waals surface area contributed by atoms with Crippen molar-refractivity contribution in [2.75, 3.05) is 10.6 Å². The highest BCUT2D eigenvalue weighted by molar-refractivity contribution is 6.38. The molecule has 90 valence electrons. The first-order chi connectivity index (χ1) is 7.97. The second kappa shape index (κ2) is 4.43. The van der Waals surface area contributed by atoms with Crippen LogP contribution in [-0.4, -0.2) is 23.0 Å². The van der Waals surface area contributed by atoms with Gasteiger partial charge in [-0.25, -0.2) is 0 Å². The SMILES string of the molecule is O=C(O)CC1Nc2cc(Cl)cc(Cl)c2NC1=O. The highest BCUT2D eigenvalue weighted by Crippen LogP contribution is 2.37. The Hall–Kier alpha value is -1.46. The molecule has 2 rings (SSSR count). The number of aliphatic carboxylic acids is 1. The fourth-order valence-electron chi connectivity index (χ4n) is 1.60.